The van der Waals surface area contributed by atoms with Crippen LogP contribution >= 0.6 is 0 Å². The number of esters is 1. The number of nitrogens with zero attached hydrogens (tertiary/aromatic N) is 2. The highest BCUT2D eigenvalue weighted by Gasteiger charge is 2.28. The van der Waals surface area contributed by atoms with Crippen LogP contribution in [0.25, 0.3) is 10.9 Å². The minimum atomic E-state index is -1.10. The molecule has 0 saturated heterocycles. The van der Waals surface area contributed by atoms with Gasteiger partial charge in [0.2, 0.25) is 0 Å². The van der Waals surface area contributed by atoms with Crippen molar-refractivity contribution < 1.29 is 24.2 Å². The number of pyridine rings is 1. The number of aromatic carboxylic acids is 1. The highest BCUT2D eigenvalue weighted by atomic mass is 16.5. The minimum Gasteiger partial charge on any atom is -0.478 e. The van der Waals surface area contributed by atoms with Gasteiger partial charge in [0.25, 0.3) is 5.91 Å². The zero-order valence-corrected chi connectivity index (χ0v) is 19.2. The zero-order valence-electron chi connectivity index (χ0n) is 19.2. The summed E-state index contributed by atoms with van der Waals surface area (Å²) in [6.45, 7) is 6.03. The van der Waals surface area contributed by atoms with Gasteiger partial charge in [-0.05, 0) is 44.2 Å². The van der Waals surface area contributed by atoms with Crippen molar-refractivity contribution in [2.24, 2.45) is 0 Å². The van der Waals surface area contributed by atoms with Crippen LogP contribution in [0.5, 0.6) is 0 Å². The molecule has 1 unspecified atom stereocenters. The molecule has 1 atom stereocenters. The molecular formula is C26H27N3O5. The van der Waals surface area contributed by atoms with Crippen LogP contribution in [0.4, 0.5) is 5.69 Å². The molecule has 8 heteroatoms. The van der Waals surface area contributed by atoms with E-state index in [2.05, 4.69) is 17.1 Å². The molecule has 8 nitrogen and oxygen atoms in total. The first-order valence-electron chi connectivity index (χ1n) is 11.4. The Morgan fingerprint density at radius 3 is 2.74 bits per heavy atom. The van der Waals surface area contributed by atoms with Gasteiger partial charge in [0.15, 0.2) is 6.10 Å². The van der Waals surface area contributed by atoms with Crippen LogP contribution in [0.3, 0.4) is 0 Å². The van der Waals surface area contributed by atoms with E-state index in [0.29, 0.717) is 23.2 Å². The average molecular weight is 462 g/mol. The minimum absolute atomic E-state index is 0.0500. The molecule has 0 spiro atoms. The zero-order chi connectivity index (χ0) is 24.2. The van der Waals surface area contributed by atoms with Gasteiger partial charge in [0.05, 0.1) is 16.6 Å². The second kappa shape index (κ2) is 10.0. The van der Waals surface area contributed by atoms with Gasteiger partial charge in [-0.2, -0.15) is 0 Å². The molecule has 34 heavy (non-hydrogen) atoms. The van der Waals surface area contributed by atoms with Gasteiger partial charge in [-0.25, -0.2) is 9.59 Å². The third-order valence-electron chi connectivity index (χ3n) is 5.90. The third-order valence-corrected chi connectivity index (χ3v) is 5.90. The van der Waals surface area contributed by atoms with Gasteiger partial charge >= 0.3 is 11.9 Å². The van der Waals surface area contributed by atoms with Crippen LogP contribution < -0.4 is 5.32 Å². The van der Waals surface area contributed by atoms with E-state index in [1.54, 1.807) is 6.07 Å². The van der Waals surface area contributed by atoms with Gasteiger partial charge in [-0.15, -0.1) is 0 Å². The molecule has 1 aromatic heterocycles. The molecule has 2 heterocycles. The van der Waals surface area contributed by atoms with Crippen LogP contribution in [-0.4, -0.2) is 52.0 Å². The maximum atomic E-state index is 13.4. The molecule has 0 radical (unpaired) electrons. The Bertz CT molecular complexity index is 1260. The SMILES string of the molecule is CCCN1CCc2nc3ccccc3c(C(=O)OC(C)C(=O)Nc3cccc(C(=O)O)c3)c2C1. The van der Waals surface area contributed by atoms with Crippen molar-refractivity contribution in [3.63, 3.8) is 0 Å². The van der Waals surface area contributed by atoms with Crippen LogP contribution in [0.1, 0.15) is 52.2 Å². The third kappa shape index (κ3) is 4.92. The van der Waals surface area contributed by atoms with E-state index in [9.17, 15) is 14.4 Å². The lowest BCUT2D eigenvalue weighted by atomic mass is 9.95. The van der Waals surface area contributed by atoms with Crippen molar-refractivity contribution in [3.05, 3.63) is 70.9 Å². The second-order valence-corrected chi connectivity index (χ2v) is 8.38. The Morgan fingerprint density at radius 1 is 1.18 bits per heavy atom. The van der Waals surface area contributed by atoms with E-state index in [1.165, 1.54) is 25.1 Å². The maximum absolute atomic E-state index is 13.4. The molecule has 2 aromatic carbocycles. The molecule has 0 aliphatic carbocycles. The summed E-state index contributed by atoms with van der Waals surface area (Å²) in [7, 11) is 0. The monoisotopic (exact) mass is 461 g/mol. The lowest BCUT2D eigenvalue weighted by Gasteiger charge is -2.29. The van der Waals surface area contributed by atoms with Gasteiger partial charge in [-0.3, -0.25) is 14.7 Å². The largest absolute Gasteiger partial charge is 0.478 e. The first kappa shape index (κ1) is 23.4. The highest BCUT2D eigenvalue weighted by molar-refractivity contribution is 6.06. The van der Waals surface area contributed by atoms with Crippen LogP contribution in [0.2, 0.25) is 0 Å². The fourth-order valence-electron chi connectivity index (χ4n) is 4.23. The normalized spacial score (nSPS) is 14.3. The number of benzene rings is 2. The molecule has 0 bridgehead atoms. The fourth-order valence-corrected chi connectivity index (χ4v) is 4.23. The van der Waals surface area contributed by atoms with Crippen LogP contribution in [-0.2, 0) is 22.5 Å². The number of para-hydroxylation sites is 1. The summed E-state index contributed by atoms with van der Waals surface area (Å²) >= 11 is 0. The van der Waals surface area contributed by atoms with E-state index in [4.69, 9.17) is 14.8 Å². The molecule has 1 amide bonds. The molecule has 2 N–H and O–H groups in total. The Kier molecular flexibility index (Phi) is 6.88. The van der Waals surface area contributed by atoms with Crippen molar-refractivity contribution in [1.29, 1.82) is 0 Å². The smallest absolute Gasteiger partial charge is 0.339 e. The number of anilines is 1. The topological polar surface area (TPSA) is 109 Å². The molecule has 3 aromatic rings. The Hall–Kier alpha value is -3.78. The number of carboxylic acid groups (broad SMARTS) is 1. The van der Waals surface area contributed by atoms with Gasteiger partial charge in [0, 0.05) is 41.8 Å². The Labute approximate surface area is 197 Å². The van der Waals surface area contributed by atoms with Crippen molar-refractivity contribution in [3.8, 4) is 0 Å². The maximum Gasteiger partial charge on any atom is 0.339 e. The Morgan fingerprint density at radius 2 is 1.97 bits per heavy atom. The number of hydrogen-bond donors (Lipinski definition) is 2. The quantitative estimate of drug-likeness (QED) is 0.514. The summed E-state index contributed by atoms with van der Waals surface area (Å²) in [4.78, 5) is 44.3. The number of carboxylic acids is 1. The van der Waals surface area contributed by atoms with Gasteiger partial charge in [-0.1, -0.05) is 31.2 Å². The summed E-state index contributed by atoms with van der Waals surface area (Å²) < 4.78 is 5.60. The molecule has 0 fully saturated rings. The van der Waals surface area contributed by atoms with E-state index in [0.717, 1.165) is 42.7 Å². The van der Waals surface area contributed by atoms with Crippen molar-refractivity contribution >= 4 is 34.4 Å². The number of rotatable bonds is 7. The van der Waals surface area contributed by atoms with E-state index < -0.39 is 23.9 Å². The number of fused-ring (bicyclic) bond motifs is 2. The number of ether oxygens (including phenoxy) is 1. The summed E-state index contributed by atoms with van der Waals surface area (Å²) in [5.41, 5.74) is 3.28. The summed E-state index contributed by atoms with van der Waals surface area (Å²) in [5, 5.41) is 12.5. The Balaban J connectivity index is 1.59. The number of carbonyl (C=O) groups is 3. The lowest BCUT2D eigenvalue weighted by Crippen LogP contribution is -2.34. The summed E-state index contributed by atoms with van der Waals surface area (Å²) in [5.74, 6) is -2.21. The molecule has 0 saturated carbocycles. The predicted molar refractivity (Wildman–Crippen MR) is 128 cm³/mol. The second-order valence-electron chi connectivity index (χ2n) is 8.38. The first-order valence-corrected chi connectivity index (χ1v) is 11.4. The number of carbonyl (C=O) groups excluding carboxylic acids is 2. The van der Waals surface area contributed by atoms with Crippen molar-refractivity contribution in [1.82, 2.24) is 9.88 Å². The van der Waals surface area contributed by atoms with Crippen molar-refractivity contribution in [2.75, 3.05) is 18.4 Å². The van der Waals surface area contributed by atoms with E-state index >= 15 is 0 Å². The lowest BCUT2D eigenvalue weighted by molar-refractivity contribution is -0.123. The van der Waals surface area contributed by atoms with Crippen molar-refractivity contribution in [2.45, 2.75) is 39.3 Å². The summed E-state index contributed by atoms with van der Waals surface area (Å²) in [6.07, 6.45) is 0.672. The summed E-state index contributed by atoms with van der Waals surface area (Å²) in [6, 6.07) is 13.3. The standard InChI is InChI=1S/C26H27N3O5/c1-3-12-29-13-11-22-20(15-29)23(19-9-4-5-10-21(19)28-22)26(33)34-16(2)24(30)27-18-8-6-7-17(14-18)25(31)32/h4-10,14,16H,3,11-13,15H2,1-2H3,(H,27,30)(H,31,32). The molecule has 1 aliphatic heterocycles. The van der Waals surface area contributed by atoms with Crippen LogP contribution in [0.15, 0.2) is 48.5 Å². The first-order chi connectivity index (χ1) is 16.4. The molecular weight excluding hydrogens is 434 g/mol. The van der Waals surface area contributed by atoms with Gasteiger partial charge < -0.3 is 15.2 Å². The average Bonchev–Trinajstić information content (AvgIpc) is 2.82. The highest BCUT2D eigenvalue weighted by Crippen LogP contribution is 2.29. The number of amides is 1. The molecule has 176 valence electrons. The molecule has 4 rings (SSSR count). The van der Waals surface area contributed by atoms with E-state index in [-0.39, 0.29) is 5.56 Å². The van der Waals surface area contributed by atoms with E-state index in [1.807, 2.05) is 24.3 Å². The molecule has 1 aliphatic rings. The fraction of sp³-hybridized carbons (Fsp3) is 0.308. The number of nitrogens with one attached hydrogen (secondary N) is 1. The predicted octanol–water partition coefficient (Wildman–Crippen LogP) is 3.89. The number of aromatic nitrogens is 1. The van der Waals surface area contributed by atoms with Gasteiger partial charge in [0.1, 0.15) is 0 Å². The van der Waals surface area contributed by atoms with Crippen LogP contribution in [0, 0.1) is 0 Å². The number of hydrogen-bond acceptors (Lipinski definition) is 6.